The highest BCUT2D eigenvalue weighted by Gasteiger charge is 2.21. The van der Waals surface area contributed by atoms with Crippen molar-refractivity contribution in [1.82, 2.24) is 4.98 Å². The van der Waals surface area contributed by atoms with Crippen molar-refractivity contribution in [1.29, 1.82) is 0 Å². The van der Waals surface area contributed by atoms with E-state index in [1.54, 1.807) is 0 Å². The third kappa shape index (κ3) is 4.35. The van der Waals surface area contributed by atoms with E-state index >= 15 is 0 Å². The number of aromatic nitrogens is 1. The third-order valence-electron chi connectivity index (χ3n) is 5.26. The fraction of sp³-hybridized carbons (Fsp3) is 0.476. The summed E-state index contributed by atoms with van der Waals surface area (Å²) in [6.07, 6.45) is 11.6. The summed E-state index contributed by atoms with van der Waals surface area (Å²) in [5.41, 5.74) is 3.85. The summed E-state index contributed by atoms with van der Waals surface area (Å²) >= 11 is 5.86. The van der Waals surface area contributed by atoms with Gasteiger partial charge in [0.05, 0.1) is 0 Å². The molecule has 0 saturated heterocycles. The van der Waals surface area contributed by atoms with Crippen molar-refractivity contribution in [3.05, 3.63) is 53.3 Å². The Bertz CT molecular complexity index is 595. The van der Waals surface area contributed by atoms with Crippen LogP contribution in [0.3, 0.4) is 0 Å². The first kappa shape index (κ1) is 16.5. The molecule has 1 nitrogen and oxygen atoms in total. The number of benzene rings is 1. The second-order valence-electron chi connectivity index (χ2n) is 6.85. The Balaban J connectivity index is 1.61. The fourth-order valence-corrected chi connectivity index (χ4v) is 3.88. The quantitative estimate of drug-likeness (QED) is 0.546. The topological polar surface area (TPSA) is 12.9 Å². The number of nitrogens with zero attached hydrogens (tertiary/aromatic N) is 1. The van der Waals surface area contributed by atoms with Crippen molar-refractivity contribution < 1.29 is 0 Å². The van der Waals surface area contributed by atoms with Gasteiger partial charge in [-0.1, -0.05) is 62.1 Å². The summed E-state index contributed by atoms with van der Waals surface area (Å²) in [4.78, 5) is 4.17. The first-order valence-corrected chi connectivity index (χ1v) is 9.36. The molecule has 1 saturated carbocycles. The number of pyridine rings is 1. The van der Waals surface area contributed by atoms with Crippen LogP contribution >= 0.6 is 11.6 Å². The van der Waals surface area contributed by atoms with Gasteiger partial charge in [0, 0.05) is 11.8 Å². The fourth-order valence-electron chi connectivity index (χ4n) is 3.77. The van der Waals surface area contributed by atoms with E-state index in [2.05, 4.69) is 36.2 Å². The van der Waals surface area contributed by atoms with Gasteiger partial charge in [0.1, 0.15) is 5.15 Å². The highest BCUT2D eigenvalue weighted by molar-refractivity contribution is 6.29. The van der Waals surface area contributed by atoms with Gasteiger partial charge >= 0.3 is 0 Å². The maximum Gasteiger partial charge on any atom is 0.129 e. The van der Waals surface area contributed by atoms with Crippen molar-refractivity contribution in [3.63, 3.8) is 0 Å². The van der Waals surface area contributed by atoms with Crippen molar-refractivity contribution in [2.24, 2.45) is 5.92 Å². The summed E-state index contributed by atoms with van der Waals surface area (Å²) in [5.74, 6) is 1.73. The largest absolute Gasteiger partial charge is 0.244 e. The number of unbranched alkanes of at least 4 members (excludes halogenated alkanes) is 1. The van der Waals surface area contributed by atoms with Crippen molar-refractivity contribution in [2.45, 2.75) is 57.8 Å². The number of hydrogen-bond acceptors (Lipinski definition) is 1. The molecule has 1 aliphatic rings. The lowest BCUT2D eigenvalue weighted by atomic mass is 9.77. The number of rotatable bonds is 5. The standard InChI is InChI=1S/C21H26ClN/c1-2-3-4-16-5-7-17(8-6-16)18-9-11-19(12-10-18)20-13-14-21(22)23-15-20/h9-17H,2-8H2,1H3/t16-,17-. The van der Waals surface area contributed by atoms with E-state index < -0.39 is 0 Å². The van der Waals surface area contributed by atoms with Crippen LogP contribution in [0.5, 0.6) is 0 Å². The zero-order valence-corrected chi connectivity index (χ0v) is 14.7. The SMILES string of the molecule is CCCC[C@H]1CC[C@H](c2ccc(-c3ccc(Cl)nc3)cc2)CC1. The summed E-state index contributed by atoms with van der Waals surface area (Å²) in [7, 11) is 0. The van der Waals surface area contributed by atoms with Gasteiger partial charge in [0.25, 0.3) is 0 Å². The van der Waals surface area contributed by atoms with Crippen LogP contribution in [0.1, 0.15) is 63.4 Å². The molecule has 2 aromatic rings. The molecule has 1 aliphatic carbocycles. The minimum atomic E-state index is 0.546. The van der Waals surface area contributed by atoms with Gasteiger partial charge in [-0.15, -0.1) is 0 Å². The molecule has 1 fully saturated rings. The summed E-state index contributed by atoms with van der Waals surface area (Å²) < 4.78 is 0. The predicted octanol–water partition coefficient (Wildman–Crippen LogP) is 6.87. The molecule has 0 radical (unpaired) electrons. The minimum absolute atomic E-state index is 0.546. The molecule has 122 valence electrons. The molecule has 1 aromatic carbocycles. The van der Waals surface area contributed by atoms with Crippen LogP contribution in [0.25, 0.3) is 11.1 Å². The smallest absolute Gasteiger partial charge is 0.129 e. The Morgan fingerprint density at radius 3 is 2.26 bits per heavy atom. The molecule has 0 unspecified atom stereocenters. The van der Waals surface area contributed by atoms with Crippen LogP contribution in [-0.2, 0) is 0 Å². The molecule has 0 bridgehead atoms. The van der Waals surface area contributed by atoms with E-state index in [0.29, 0.717) is 5.15 Å². The minimum Gasteiger partial charge on any atom is -0.244 e. The number of hydrogen-bond donors (Lipinski definition) is 0. The van der Waals surface area contributed by atoms with Crippen LogP contribution in [0.15, 0.2) is 42.6 Å². The molecule has 0 N–H and O–H groups in total. The lowest BCUT2D eigenvalue weighted by Gasteiger charge is -2.29. The lowest BCUT2D eigenvalue weighted by Crippen LogP contribution is -2.13. The van der Waals surface area contributed by atoms with Crippen LogP contribution < -0.4 is 0 Å². The molecule has 2 heteroatoms. The monoisotopic (exact) mass is 327 g/mol. The Kier molecular flexibility index (Phi) is 5.72. The molecule has 0 aliphatic heterocycles. The first-order valence-electron chi connectivity index (χ1n) is 8.98. The zero-order valence-electron chi connectivity index (χ0n) is 14.0. The van der Waals surface area contributed by atoms with Crippen molar-refractivity contribution >= 4 is 11.6 Å². The predicted molar refractivity (Wildman–Crippen MR) is 98.9 cm³/mol. The van der Waals surface area contributed by atoms with E-state index in [1.165, 1.54) is 56.1 Å². The molecule has 3 rings (SSSR count). The van der Waals surface area contributed by atoms with Crippen LogP contribution in [0.4, 0.5) is 0 Å². The van der Waals surface area contributed by atoms with Gasteiger partial charge in [-0.05, 0) is 60.8 Å². The van der Waals surface area contributed by atoms with Crippen LogP contribution in [-0.4, -0.2) is 4.98 Å². The summed E-state index contributed by atoms with van der Waals surface area (Å²) in [5, 5.41) is 0.546. The Hall–Kier alpha value is -1.34. The number of halogens is 1. The second-order valence-corrected chi connectivity index (χ2v) is 7.24. The van der Waals surface area contributed by atoms with Gasteiger partial charge < -0.3 is 0 Å². The molecule has 0 spiro atoms. The zero-order chi connectivity index (χ0) is 16.1. The molecule has 23 heavy (non-hydrogen) atoms. The summed E-state index contributed by atoms with van der Waals surface area (Å²) in [6, 6.07) is 12.9. The second kappa shape index (κ2) is 7.97. The molecule has 1 heterocycles. The third-order valence-corrected chi connectivity index (χ3v) is 5.48. The molecule has 1 aromatic heterocycles. The maximum atomic E-state index is 5.86. The first-order chi connectivity index (χ1) is 11.3. The lowest BCUT2D eigenvalue weighted by molar-refractivity contribution is 0.304. The van der Waals surface area contributed by atoms with E-state index in [4.69, 9.17) is 11.6 Å². The van der Waals surface area contributed by atoms with Gasteiger partial charge in [-0.2, -0.15) is 0 Å². The van der Waals surface area contributed by atoms with Crippen LogP contribution in [0.2, 0.25) is 5.15 Å². The normalized spacial score (nSPS) is 21.3. The van der Waals surface area contributed by atoms with Gasteiger partial charge in [-0.3, -0.25) is 0 Å². The highest BCUT2D eigenvalue weighted by atomic mass is 35.5. The Morgan fingerprint density at radius 2 is 1.65 bits per heavy atom. The van der Waals surface area contributed by atoms with Crippen LogP contribution in [0, 0.1) is 5.92 Å². The maximum absolute atomic E-state index is 5.86. The molecular formula is C21H26ClN. The Morgan fingerprint density at radius 1 is 0.957 bits per heavy atom. The van der Waals surface area contributed by atoms with E-state index in [1.807, 2.05) is 18.3 Å². The van der Waals surface area contributed by atoms with E-state index in [-0.39, 0.29) is 0 Å². The molecule has 0 atom stereocenters. The van der Waals surface area contributed by atoms with Gasteiger partial charge in [0.2, 0.25) is 0 Å². The van der Waals surface area contributed by atoms with Crippen molar-refractivity contribution in [2.75, 3.05) is 0 Å². The highest BCUT2D eigenvalue weighted by Crippen LogP contribution is 2.38. The van der Waals surface area contributed by atoms with Gasteiger partial charge in [0.15, 0.2) is 0 Å². The Labute approximate surface area is 145 Å². The average Bonchev–Trinajstić information content (AvgIpc) is 2.61. The molecular weight excluding hydrogens is 302 g/mol. The summed E-state index contributed by atoms with van der Waals surface area (Å²) in [6.45, 7) is 2.30. The van der Waals surface area contributed by atoms with E-state index in [0.717, 1.165) is 17.4 Å². The van der Waals surface area contributed by atoms with Gasteiger partial charge in [-0.25, -0.2) is 4.98 Å². The van der Waals surface area contributed by atoms with E-state index in [9.17, 15) is 0 Å². The van der Waals surface area contributed by atoms with Crippen molar-refractivity contribution in [3.8, 4) is 11.1 Å². The molecule has 0 amide bonds. The average molecular weight is 328 g/mol.